The molecule has 0 bridgehead atoms. The second-order valence-electron chi connectivity index (χ2n) is 5.90. The molecule has 22 heavy (non-hydrogen) atoms. The molecule has 2 aromatic rings. The van der Waals surface area contributed by atoms with E-state index in [0.29, 0.717) is 16.3 Å². The third-order valence-electron chi connectivity index (χ3n) is 4.03. The van der Waals surface area contributed by atoms with Crippen LogP contribution in [0.4, 0.5) is 0 Å². The van der Waals surface area contributed by atoms with Gasteiger partial charge in [-0.2, -0.15) is 0 Å². The SMILES string of the molecule is CC1(C)O[C@@H]2[C@H](O1)C(CO)=C[C@H]2n1cnc2c(Cl)ncnc21. The molecule has 116 valence electrons. The molecule has 0 saturated carbocycles. The first-order valence-electron chi connectivity index (χ1n) is 7.00. The molecule has 2 aromatic heterocycles. The Morgan fingerprint density at radius 1 is 1.32 bits per heavy atom. The Morgan fingerprint density at radius 2 is 2.14 bits per heavy atom. The molecule has 2 aliphatic rings. The lowest BCUT2D eigenvalue weighted by atomic mass is 10.1. The Morgan fingerprint density at radius 3 is 2.91 bits per heavy atom. The van der Waals surface area contributed by atoms with Gasteiger partial charge < -0.3 is 19.1 Å². The van der Waals surface area contributed by atoms with Crippen LogP contribution in [0.5, 0.6) is 0 Å². The Bertz CT molecular complexity index is 773. The van der Waals surface area contributed by atoms with Crippen molar-refractivity contribution < 1.29 is 14.6 Å². The highest BCUT2D eigenvalue weighted by Crippen LogP contribution is 2.43. The molecule has 7 nitrogen and oxygen atoms in total. The largest absolute Gasteiger partial charge is 0.392 e. The minimum atomic E-state index is -0.689. The van der Waals surface area contributed by atoms with Crippen molar-refractivity contribution in [3.05, 3.63) is 29.5 Å². The van der Waals surface area contributed by atoms with Gasteiger partial charge >= 0.3 is 0 Å². The van der Waals surface area contributed by atoms with E-state index in [9.17, 15) is 5.11 Å². The van der Waals surface area contributed by atoms with Crippen LogP contribution in [0.2, 0.25) is 5.15 Å². The monoisotopic (exact) mass is 322 g/mol. The summed E-state index contributed by atoms with van der Waals surface area (Å²) in [4.78, 5) is 12.5. The van der Waals surface area contributed by atoms with Gasteiger partial charge in [0.15, 0.2) is 16.6 Å². The maximum Gasteiger partial charge on any atom is 0.165 e. The Labute approximate surface area is 131 Å². The molecule has 1 aliphatic carbocycles. The molecule has 0 spiro atoms. The molecule has 1 saturated heterocycles. The van der Waals surface area contributed by atoms with E-state index in [4.69, 9.17) is 21.1 Å². The first-order chi connectivity index (χ1) is 10.5. The van der Waals surface area contributed by atoms with Gasteiger partial charge in [-0.3, -0.25) is 0 Å². The molecule has 1 N–H and O–H groups in total. The highest BCUT2D eigenvalue weighted by Gasteiger charge is 2.50. The van der Waals surface area contributed by atoms with Gasteiger partial charge in [0.05, 0.1) is 19.0 Å². The molecule has 0 radical (unpaired) electrons. The Hall–Kier alpha value is -1.54. The zero-order valence-electron chi connectivity index (χ0n) is 12.1. The minimum absolute atomic E-state index is 0.0700. The summed E-state index contributed by atoms with van der Waals surface area (Å²) in [5.41, 5.74) is 1.99. The first kappa shape index (κ1) is 14.1. The normalized spacial score (nSPS) is 29.8. The molecule has 1 fully saturated rings. The van der Waals surface area contributed by atoms with Crippen LogP contribution in [-0.2, 0) is 9.47 Å². The summed E-state index contributed by atoms with van der Waals surface area (Å²) in [7, 11) is 0. The summed E-state index contributed by atoms with van der Waals surface area (Å²) in [6.07, 6.45) is 4.52. The second kappa shape index (κ2) is 4.73. The van der Waals surface area contributed by atoms with Gasteiger partial charge in [0.1, 0.15) is 24.1 Å². The maximum absolute atomic E-state index is 9.58. The number of nitrogens with zero attached hydrogens (tertiary/aromatic N) is 4. The van der Waals surface area contributed by atoms with Gasteiger partial charge in [-0.15, -0.1) is 0 Å². The number of ether oxygens (including phenoxy) is 2. The minimum Gasteiger partial charge on any atom is -0.392 e. The van der Waals surface area contributed by atoms with E-state index in [2.05, 4.69) is 15.0 Å². The smallest absolute Gasteiger partial charge is 0.165 e. The first-order valence-corrected chi connectivity index (χ1v) is 7.38. The van der Waals surface area contributed by atoms with Crippen LogP contribution in [0.25, 0.3) is 11.2 Å². The van der Waals surface area contributed by atoms with Crippen LogP contribution in [0, 0.1) is 0 Å². The zero-order valence-corrected chi connectivity index (χ0v) is 12.9. The molecule has 0 amide bonds. The van der Waals surface area contributed by atoms with Crippen molar-refractivity contribution in [2.45, 2.75) is 37.9 Å². The van der Waals surface area contributed by atoms with Crippen LogP contribution in [-0.4, -0.2) is 49.2 Å². The lowest BCUT2D eigenvalue weighted by Crippen LogP contribution is -2.28. The summed E-state index contributed by atoms with van der Waals surface area (Å²) in [6, 6.07) is -0.162. The number of aliphatic hydroxyl groups is 1. The van der Waals surface area contributed by atoms with E-state index in [1.807, 2.05) is 24.5 Å². The number of fused-ring (bicyclic) bond motifs is 2. The molecule has 0 aromatic carbocycles. The third-order valence-corrected chi connectivity index (χ3v) is 4.31. The van der Waals surface area contributed by atoms with E-state index in [1.165, 1.54) is 6.33 Å². The van der Waals surface area contributed by atoms with Gasteiger partial charge in [0.25, 0.3) is 0 Å². The van der Waals surface area contributed by atoms with Crippen molar-refractivity contribution >= 4 is 22.8 Å². The topological polar surface area (TPSA) is 82.3 Å². The fourth-order valence-corrected chi connectivity index (χ4v) is 3.33. The summed E-state index contributed by atoms with van der Waals surface area (Å²) in [5, 5.41) is 9.89. The predicted octanol–water partition coefficient (Wildman–Crippen LogP) is 1.47. The summed E-state index contributed by atoms with van der Waals surface area (Å²) >= 11 is 6.05. The number of hydrogen-bond donors (Lipinski definition) is 1. The van der Waals surface area contributed by atoms with E-state index in [1.54, 1.807) is 6.33 Å². The molecule has 8 heteroatoms. The number of imidazole rings is 1. The van der Waals surface area contributed by atoms with Crippen molar-refractivity contribution in [3.8, 4) is 0 Å². The van der Waals surface area contributed by atoms with Crippen LogP contribution in [0.1, 0.15) is 19.9 Å². The number of rotatable bonds is 2. The van der Waals surface area contributed by atoms with Crippen molar-refractivity contribution in [2.24, 2.45) is 0 Å². The lowest BCUT2D eigenvalue weighted by Gasteiger charge is -2.21. The van der Waals surface area contributed by atoms with E-state index in [0.717, 1.165) is 5.57 Å². The van der Waals surface area contributed by atoms with Crippen LogP contribution >= 0.6 is 11.6 Å². The number of hydrogen-bond acceptors (Lipinski definition) is 6. The number of aromatic nitrogens is 4. The van der Waals surface area contributed by atoms with E-state index in [-0.39, 0.29) is 24.9 Å². The average Bonchev–Trinajstić information content (AvgIpc) is 3.10. The molecule has 3 atom stereocenters. The summed E-state index contributed by atoms with van der Waals surface area (Å²) in [5.74, 6) is -0.689. The maximum atomic E-state index is 9.58. The van der Waals surface area contributed by atoms with E-state index < -0.39 is 5.79 Å². The molecular formula is C14H15ClN4O3. The average molecular weight is 323 g/mol. The molecule has 0 unspecified atom stereocenters. The van der Waals surface area contributed by atoms with Gasteiger partial charge in [-0.1, -0.05) is 17.7 Å². The van der Waals surface area contributed by atoms with Crippen molar-refractivity contribution in [1.82, 2.24) is 19.5 Å². The van der Waals surface area contributed by atoms with Gasteiger partial charge in [0.2, 0.25) is 0 Å². The van der Waals surface area contributed by atoms with Crippen molar-refractivity contribution in [3.63, 3.8) is 0 Å². The fourth-order valence-electron chi connectivity index (χ4n) is 3.16. The second-order valence-corrected chi connectivity index (χ2v) is 6.26. The Balaban J connectivity index is 1.81. The highest BCUT2D eigenvalue weighted by atomic mass is 35.5. The van der Waals surface area contributed by atoms with E-state index >= 15 is 0 Å². The fraction of sp³-hybridized carbons (Fsp3) is 0.500. The predicted molar refractivity (Wildman–Crippen MR) is 78.4 cm³/mol. The standard InChI is InChI=1S/C14H15ClN4O3/c1-14(2)21-10-7(4-20)3-8(11(10)22-14)19-6-18-9-12(15)16-5-17-13(9)19/h3,5-6,8,10-11,20H,4H2,1-2H3/t8-,10-,11+/m1/s1. The van der Waals surface area contributed by atoms with Gasteiger partial charge in [-0.25, -0.2) is 15.0 Å². The Kier molecular flexibility index (Phi) is 3.02. The zero-order chi connectivity index (χ0) is 15.5. The lowest BCUT2D eigenvalue weighted by molar-refractivity contribution is -0.148. The quantitative estimate of drug-likeness (QED) is 0.666. The summed E-state index contributed by atoms with van der Waals surface area (Å²) in [6.45, 7) is 3.66. The van der Waals surface area contributed by atoms with Gasteiger partial charge in [-0.05, 0) is 19.4 Å². The summed E-state index contributed by atoms with van der Waals surface area (Å²) < 4.78 is 13.8. The highest BCUT2D eigenvalue weighted by molar-refractivity contribution is 6.33. The molecular weight excluding hydrogens is 308 g/mol. The number of halogens is 1. The number of aliphatic hydroxyl groups excluding tert-OH is 1. The molecule has 3 heterocycles. The van der Waals surface area contributed by atoms with Gasteiger partial charge in [0, 0.05) is 0 Å². The van der Waals surface area contributed by atoms with Crippen molar-refractivity contribution in [1.29, 1.82) is 0 Å². The van der Waals surface area contributed by atoms with Crippen LogP contribution in [0.15, 0.2) is 24.3 Å². The molecule has 4 rings (SSSR count). The van der Waals surface area contributed by atoms with Crippen LogP contribution in [0.3, 0.4) is 0 Å². The van der Waals surface area contributed by atoms with Crippen molar-refractivity contribution in [2.75, 3.05) is 6.61 Å². The molecule has 1 aliphatic heterocycles. The van der Waals surface area contributed by atoms with Crippen LogP contribution < -0.4 is 0 Å². The third kappa shape index (κ3) is 1.97.